The lowest BCUT2D eigenvalue weighted by Gasteiger charge is -2.46. The molecular formula is C27H29FN4O2. The number of aromatic nitrogens is 2. The standard InChI is InChI=1S/C27H29FN4O2/c1-19-29-14-15-31(19)16-21-6-3-4-7-23(21)26(34)32-17-24(20-9-11-22(28)12-10-20)27(18-32)13-5-8-25(33)30(27)2/h3-4,6-7,9-12,14-15,24H,5,8,13,16-18H2,1-2H3/t24-,27+/m0/s1. The summed E-state index contributed by atoms with van der Waals surface area (Å²) in [6.45, 7) is 3.46. The van der Waals surface area contributed by atoms with Crippen LogP contribution in [0.2, 0.25) is 0 Å². The Morgan fingerprint density at radius 2 is 1.94 bits per heavy atom. The summed E-state index contributed by atoms with van der Waals surface area (Å²) in [5.74, 6) is 0.586. The number of carbonyl (C=O) groups excluding carboxylic acids is 2. The highest BCUT2D eigenvalue weighted by molar-refractivity contribution is 5.96. The zero-order chi connectivity index (χ0) is 23.9. The summed E-state index contributed by atoms with van der Waals surface area (Å²) in [7, 11) is 1.85. The molecule has 2 fully saturated rings. The lowest BCUT2D eigenvalue weighted by Crippen LogP contribution is -2.57. The van der Waals surface area contributed by atoms with Crippen LogP contribution in [0.25, 0.3) is 0 Å². The van der Waals surface area contributed by atoms with Crippen LogP contribution in [0.1, 0.15) is 52.5 Å². The summed E-state index contributed by atoms with van der Waals surface area (Å²) >= 11 is 0. The third kappa shape index (κ3) is 3.79. The molecule has 6 nitrogen and oxygen atoms in total. The molecular weight excluding hydrogens is 431 g/mol. The van der Waals surface area contributed by atoms with Gasteiger partial charge in [0.15, 0.2) is 0 Å². The Balaban J connectivity index is 1.49. The number of imidazole rings is 1. The van der Waals surface area contributed by atoms with E-state index in [0.29, 0.717) is 31.6 Å². The average molecular weight is 461 g/mol. The number of amides is 2. The van der Waals surface area contributed by atoms with E-state index in [9.17, 15) is 14.0 Å². The number of carbonyl (C=O) groups is 2. The third-order valence-corrected chi connectivity index (χ3v) is 7.63. The molecule has 34 heavy (non-hydrogen) atoms. The number of aryl methyl sites for hydroxylation is 1. The maximum absolute atomic E-state index is 13.9. The molecule has 0 unspecified atom stereocenters. The van der Waals surface area contributed by atoms with E-state index in [0.717, 1.165) is 29.8 Å². The lowest BCUT2D eigenvalue weighted by molar-refractivity contribution is -0.139. The van der Waals surface area contributed by atoms with Crippen molar-refractivity contribution >= 4 is 11.8 Å². The predicted octanol–water partition coefficient (Wildman–Crippen LogP) is 4.00. The smallest absolute Gasteiger partial charge is 0.254 e. The van der Waals surface area contributed by atoms with Crippen LogP contribution < -0.4 is 0 Å². The highest BCUT2D eigenvalue weighted by Crippen LogP contribution is 2.46. The van der Waals surface area contributed by atoms with Crippen molar-refractivity contribution < 1.29 is 14.0 Å². The molecule has 1 aromatic heterocycles. The molecule has 2 saturated heterocycles. The molecule has 0 aliphatic carbocycles. The van der Waals surface area contributed by atoms with Gasteiger partial charge in [0, 0.05) is 57.0 Å². The molecule has 2 amide bonds. The molecule has 1 spiro atoms. The van der Waals surface area contributed by atoms with Crippen molar-refractivity contribution in [2.45, 2.75) is 44.2 Å². The summed E-state index contributed by atoms with van der Waals surface area (Å²) in [6.07, 6.45) is 5.80. The summed E-state index contributed by atoms with van der Waals surface area (Å²) in [5, 5.41) is 0. The van der Waals surface area contributed by atoms with Gasteiger partial charge in [0.2, 0.25) is 5.91 Å². The SMILES string of the molecule is Cc1nccn1Cc1ccccc1C(=O)N1C[C@@H](c2ccc(F)cc2)[C@@]2(CCCC(=O)N2C)C1. The zero-order valence-electron chi connectivity index (χ0n) is 19.6. The number of nitrogens with zero attached hydrogens (tertiary/aromatic N) is 4. The van der Waals surface area contributed by atoms with Crippen molar-refractivity contribution in [3.63, 3.8) is 0 Å². The molecule has 5 rings (SSSR count). The van der Waals surface area contributed by atoms with Crippen LogP contribution in [0.4, 0.5) is 4.39 Å². The first-order valence-corrected chi connectivity index (χ1v) is 11.8. The van der Waals surface area contributed by atoms with Crippen molar-refractivity contribution in [3.8, 4) is 0 Å². The van der Waals surface area contributed by atoms with Crippen LogP contribution >= 0.6 is 0 Å². The molecule has 3 heterocycles. The van der Waals surface area contributed by atoms with Crippen LogP contribution in [0.3, 0.4) is 0 Å². The number of benzene rings is 2. The number of halogens is 1. The number of piperidine rings is 1. The quantitative estimate of drug-likeness (QED) is 0.591. The second-order valence-electron chi connectivity index (χ2n) is 9.46. The second-order valence-corrected chi connectivity index (χ2v) is 9.46. The van der Waals surface area contributed by atoms with E-state index in [-0.39, 0.29) is 23.5 Å². The first kappa shape index (κ1) is 22.3. The highest BCUT2D eigenvalue weighted by atomic mass is 19.1. The van der Waals surface area contributed by atoms with Gasteiger partial charge in [-0.15, -0.1) is 0 Å². The van der Waals surface area contributed by atoms with Gasteiger partial charge < -0.3 is 14.4 Å². The van der Waals surface area contributed by atoms with Crippen LogP contribution in [0, 0.1) is 12.7 Å². The lowest BCUT2D eigenvalue weighted by atomic mass is 9.75. The fourth-order valence-electron chi connectivity index (χ4n) is 5.68. The van der Waals surface area contributed by atoms with Gasteiger partial charge in [-0.3, -0.25) is 9.59 Å². The zero-order valence-corrected chi connectivity index (χ0v) is 19.6. The van der Waals surface area contributed by atoms with Gasteiger partial charge in [0.1, 0.15) is 11.6 Å². The van der Waals surface area contributed by atoms with Gasteiger partial charge >= 0.3 is 0 Å². The van der Waals surface area contributed by atoms with E-state index in [1.807, 2.05) is 58.8 Å². The molecule has 0 radical (unpaired) electrons. The molecule has 2 atom stereocenters. The number of hydrogen-bond donors (Lipinski definition) is 0. The van der Waals surface area contributed by atoms with E-state index >= 15 is 0 Å². The third-order valence-electron chi connectivity index (χ3n) is 7.63. The van der Waals surface area contributed by atoms with E-state index in [2.05, 4.69) is 4.98 Å². The minimum absolute atomic E-state index is 0.0382. The van der Waals surface area contributed by atoms with Crippen molar-refractivity contribution in [2.75, 3.05) is 20.1 Å². The van der Waals surface area contributed by atoms with Gasteiger partial charge in [0.05, 0.1) is 5.54 Å². The summed E-state index contributed by atoms with van der Waals surface area (Å²) < 4.78 is 15.7. The Morgan fingerprint density at radius 3 is 2.68 bits per heavy atom. The Bertz CT molecular complexity index is 1220. The minimum Gasteiger partial charge on any atom is -0.338 e. The monoisotopic (exact) mass is 460 g/mol. The molecule has 0 N–H and O–H groups in total. The number of hydrogen-bond acceptors (Lipinski definition) is 3. The molecule has 7 heteroatoms. The van der Waals surface area contributed by atoms with Crippen molar-refractivity contribution in [1.29, 1.82) is 0 Å². The molecule has 0 saturated carbocycles. The van der Waals surface area contributed by atoms with Crippen LogP contribution in [0.15, 0.2) is 60.9 Å². The minimum atomic E-state index is -0.487. The first-order chi connectivity index (χ1) is 16.4. The molecule has 2 aliphatic rings. The van der Waals surface area contributed by atoms with E-state index in [4.69, 9.17) is 0 Å². The van der Waals surface area contributed by atoms with E-state index in [1.165, 1.54) is 12.1 Å². The Hall–Kier alpha value is -3.48. The molecule has 2 aliphatic heterocycles. The summed E-state index contributed by atoms with van der Waals surface area (Å²) in [4.78, 5) is 34.6. The van der Waals surface area contributed by atoms with Crippen molar-refractivity contribution in [1.82, 2.24) is 19.4 Å². The molecule has 0 bridgehead atoms. The van der Waals surface area contributed by atoms with E-state index in [1.54, 1.807) is 18.3 Å². The van der Waals surface area contributed by atoms with Crippen molar-refractivity contribution in [2.24, 2.45) is 0 Å². The molecule has 2 aromatic carbocycles. The maximum atomic E-state index is 13.9. The normalized spacial score (nSPS) is 22.6. The Morgan fingerprint density at radius 1 is 1.18 bits per heavy atom. The van der Waals surface area contributed by atoms with Crippen LogP contribution in [-0.4, -0.2) is 56.8 Å². The fourth-order valence-corrected chi connectivity index (χ4v) is 5.68. The number of likely N-dealkylation sites (tertiary alicyclic amines) is 2. The Labute approximate surface area is 199 Å². The van der Waals surface area contributed by atoms with E-state index < -0.39 is 5.54 Å². The number of likely N-dealkylation sites (N-methyl/N-ethyl adjacent to an activating group) is 1. The van der Waals surface area contributed by atoms with Gasteiger partial charge in [-0.2, -0.15) is 0 Å². The first-order valence-electron chi connectivity index (χ1n) is 11.8. The van der Waals surface area contributed by atoms with Crippen LogP contribution in [-0.2, 0) is 11.3 Å². The second kappa shape index (κ2) is 8.70. The Kier molecular flexibility index (Phi) is 5.71. The predicted molar refractivity (Wildman–Crippen MR) is 127 cm³/mol. The summed E-state index contributed by atoms with van der Waals surface area (Å²) in [5.41, 5.74) is 2.07. The average Bonchev–Trinajstić information content (AvgIpc) is 3.42. The van der Waals surface area contributed by atoms with Gasteiger partial charge in [-0.25, -0.2) is 9.37 Å². The van der Waals surface area contributed by atoms with Gasteiger partial charge in [0.25, 0.3) is 5.91 Å². The molecule has 3 aromatic rings. The topological polar surface area (TPSA) is 58.4 Å². The van der Waals surface area contributed by atoms with Crippen LogP contribution in [0.5, 0.6) is 0 Å². The summed E-state index contributed by atoms with van der Waals surface area (Å²) in [6, 6.07) is 14.2. The van der Waals surface area contributed by atoms with Gasteiger partial charge in [-0.05, 0) is 49.1 Å². The maximum Gasteiger partial charge on any atom is 0.254 e. The van der Waals surface area contributed by atoms with Crippen molar-refractivity contribution in [3.05, 3.63) is 89.3 Å². The largest absolute Gasteiger partial charge is 0.338 e. The molecule has 176 valence electrons. The fraction of sp³-hybridized carbons (Fsp3) is 0.370. The highest BCUT2D eigenvalue weighted by Gasteiger charge is 2.53. The van der Waals surface area contributed by atoms with Gasteiger partial charge in [-0.1, -0.05) is 30.3 Å². The number of rotatable bonds is 4.